The topological polar surface area (TPSA) is 46.6 Å². The molecule has 0 N–H and O–H groups in total. The van der Waals surface area contributed by atoms with E-state index in [1.165, 1.54) is 6.08 Å². The average Bonchev–Trinajstić information content (AvgIpc) is 2.41. The number of benzene rings is 1. The summed E-state index contributed by atoms with van der Waals surface area (Å²) in [6.07, 6.45) is 3.12. The van der Waals surface area contributed by atoms with Crippen LogP contribution in [0.15, 0.2) is 18.2 Å². The molecule has 0 fully saturated rings. The average molecular weight is 429 g/mol. The summed E-state index contributed by atoms with van der Waals surface area (Å²) in [4.78, 5) is 25.5. The summed E-state index contributed by atoms with van der Waals surface area (Å²) in [5.74, 6) is -0.380. The molecule has 0 unspecified atom stereocenters. The maximum absolute atomic E-state index is 12.0. The number of hydrogen-bond acceptors (Lipinski definition) is 3. The third kappa shape index (κ3) is 5.97. The molecule has 0 aliphatic heterocycles. The van der Waals surface area contributed by atoms with Crippen LogP contribution in [0.3, 0.4) is 0 Å². The first-order valence-electron chi connectivity index (χ1n) is 7.40. The second-order valence-electron chi connectivity index (χ2n) is 6.47. The molecule has 0 aromatic heterocycles. The molecule has 0 aliphatic carbocycles. The van der Waals surface area contributed by atoms with Crippen molar-refractivity contribution >= 4 is 46.2 Å². The molecule has 5 heteroatoms. The monoisotopic (exact) mass is 429 g/mol. The van der Waals surface area contributed by atoms with Crippen LogP contribution in [0.2, 0.25) is 0 Å². The normalized spacial score (nSPS) is 11.6. The van der Waals surface area contributed by atoms with E-state index in [0.29, 0.717) is 4.43 Å². The van der Waals surface area contributed by atoms with Gasteiger partial charge in [0, 0.05) is 13.1 Å². The first kappa shape index (κ1) is 19.7. The van der Waals surface area contributed by atoms with E-state index in [0.717, 1.165) is 22.4 Å². The summed E-state index contributed by atoms with van der Waals surface area (Å²) in [6.45, 7) is 9.43. The van der Waals surface area contributed by atoms with E-state index in [-0.39, 0.29) is 5.91 Å². The van der Waals surface area contributed by atoms with Gasteiger partial charge in [-0.1, -0.05) is 34.2 Å². The fraction of sp³-hybridized carbons (Fsp3) is 0.444. The van der Waals surface area contributed by atoms with Gasteiger partial charge in [-0.2, -0.15) is 0 Å². The van der Waals surface area contributed by atoms with Crippen molar-refractivity contribution in [2.75, 3.05) is 16.4 Å². The van der Waals surface area contributed by atoms with Crippen LogP contribution >= 0.6 is 22.6 Å². The van der Waals surface area contributed by atoms with Crippen LogP contribution < -0.4 is 4.90 Å². The maximum Gasteiger partial charge on any atom is 0.331 e. The molecule has 0 heterocycles. The predicted octanol–water partition coefficient (Wildman–Crippen LogP) is 4.06. The van der Waals surface area contributed by atoms with Crippen molar-refractivity contribution < 1.29 is 14.3 Å². The molecule has 0 spiro atoms. The number of anilines is 1. The summed E-state index contributed by atoms with van der Waals surface area (Å²) in [6, 6.07) is 3.98. The Morgan fingerprint density at radius 1 is 1.26 bits per heavy atom. The minimum atomic E-state index is -0.527. The minimum absolute atomic E-state index is 0.0180. The zero-order valence-corrected chi connectivity index (χ0v) is 16.7. The Balaban J connectivity index is 3.20. The molecule has 4 nitrogen and oxygen atoms in total. The van der Waals surface area contributed by atoms with Crippen molar-refractivity contribution in [2.45, 2.75) is 40.2 Å². The van der Waals surface area contributed by atoms with Gasteiger partial charge >= 0.3 is 5.97 Å². The Morgan fingerprint density at radius 2 is 1.87 bits per heavy atom. The molecule has 1 rings (SSSR count). The Morgan fingerprint density at radius 3 is 2.39 bits per heavy atom. The second kappa shape index (κ2) is 7.95. The summed E-state index contributed by atoms with van der Waals surface area (Å²) >= 11 is 2.05. The Labute approximate surface area is 152 Å². The van der Waals surface area contributed by atoms with Crippen molar-refractivity contribution in [1.29, 1.82) is 0 Å². The highest BCUT2D eigenvalue weighted by molar-refractivity contribution is 14.1. The van der Waals surface area contributed by atoms with Gasteiger partial charge in [0.25, 0.3) is 0 Å². The number of halogens is 1. The highest BCUT2D eigenvalue weighted by Crippen LogP contribution is 2.28. The quantitative estimate of drug-likeness (QED) is 0.314. The van der Waals surface area contributed by atoms with E-state index in [1.807, 2.05) is 69.3 Å². The van der Waals surface area contributed by atoms with Gasteiger partial charge in [0.1, 0.15) is 5.60 Å². The predicted molar refractivity (Wildman–Crippen MR) is 103 cm³/mol. The number of alkyl halides is 1. The number of aryl methyl sites for hydroxylation is 2. The summed E-state index contributed by atoms with van der Waals surface area (Å²) in [7, 11) is 1.75. The number of carbonyl (C=O) groups excluding carboxylic acids is 2. The van der Waals surface area contributed by atoms with Gasteiger partial charge in [-0.15, -0.1) is 0 Å². The van der Waals surface area contributed by atoms with Crippen molar-refractivity contribution in [3.63, 3.8) is 0 Å². The summed E-state index contributed by atoms with van der Waals surface area (Å²) < 4.78 is 5.68. The fourth-order valence-corrected chi connectivity index (χ4v) is 2.80. The lowest BCUT2D eigenvalue weighted by molar-refractivity contribution is -0.148. The third-order valence-corrected chi connectivity index (χ3v) is 3.76. The Hall–Kier alpha value is -1.37. The van der Waals surface area contributed by atoms with Crippen LogP contribution in [0, 0.1) is 13.8 Å². The lowest BCUT2D eigenvalue weighted by atomic mass is 10.0. The van der Waals surface area contributed by atoms with E-state index in [4.69, 9.17) is 4.74 Å². The molecular formula is C18H24INO3. The van der Waals surface area contributed by atoms with Crippen LogP contribution in [-0.4, -0.2) is 29.0 Å². The maximum atomic E-state index is 12.0. The fourth-order valence-electron chi connectivity index (χ4n) is 2.29. The van der Waals surface area contributed by atoms with E-state index in [9.17, 15) is 9.59 Å². The van der Waals surface area contributed by atoms with E-state index in [2.05, 4.69) is 0 Å². The van der Waals surface area contributed by atoms with E-state index < -0.39 is 11.6 Å². The number of rotatable bonds is 4. The first-order valence-corrected chi connectivity index (χ1v) is 8.92. The molecular weight excluding hydrogens is 405 g/mol. The van der Waals surface area contributed by atoms with Crippen LogP contribution in [0.1, 0.15) is 37.5 Å². The Bertz CT molecular complexity index is 630. The summed E-state index contributed by atoms with van der Waals surface area (Å²) in [5, 5.41) is 0. The van der Waals surface area contributed by atoms with Crippen molar-refractivity contribution in [3.8, 4) is 0 Å². The lowest BCUT2D eigenvalue weighted by Gasteiger charge is -2.22. The van der Waals surface area contributed by atoms with Crippen LogP contribution in [0.5, 0.6) is 0 Å². The molecule has 1 amide bonds. The highest BCUT2D eigenvalue weighted by atomic mass is 127. The second-order valence-corrected chi connectivity index (χ2v) is 7.24. The van der Waals surface area contributed by atoms with Gasteiger partial charge < -0.3 is 9.64 Å². The molecule has 23 heavy (non-hydrogen) atoms. The standard InChI is InChI=1S/C18H24INO3/c1-12-9-13(2)17(20(6)15(21)11-19)14(10-12)7-8-16(22)23-18(3,4)5/h7-10H,11H2,1-6H3/b8-7+. The molecule has 126 valence electrons. The molecule has 0 aliphatic rings. The van der Waals surface area contributed by atoms with Gasteiger partial charge in [0.15, 0.2) is 0 Å². The molecule has 0 atom stereocenters. The molecule has 0 radical (unpaired) electrons. The van der Waals surface area contributed by atoms with Gasteiger partial charge in [0.2, 0.25) is 5.91 Å². The van der Waals surface area contributed by atoms with Gasteiger partial charge in [-0.05, 0) is 57.9 Å². The van der Waals surface area contributed by atoms with Crippen LogP contribution in [0.4, 0.5) is 5.69 Å². The third-order valence-electron chi connectivity index (χ3n) is 3.10. The number of ether oxygens (including phenoxy) is 1. The minimum Gasteiger partial charge on any atom is -0.457 e. The van der Waals surface area contributed by atoms with E-state index >= 15 is 0 Å². The van der Waals surface area contributed by atoms with E-state index in [1.54, 1.807) is 18.0 Å². The molecule has 0 saturated heterocycles. The zero-order valence-electron chi connectivity index (χ0n) is 14.6. The van der Waals surface area contributed by atoms with Crippen molar-refractivity contribution in [3.05, 3.63) is 34.9 Å². The summed E-state index contributed by atoms with van der Waals surface area (Å²) in [5.41, 5.74) is 3.19. The van der Waals surface area contributed by atoms with Gasteiger partial charge in [-0.25, -0.2) is 4.79 Å². The lowest BCUT2D eigenvalue weighted by Crippen LogP contribution is -2.28. The first-order chi connectivity index (χ1) is 10.5. The van der Waals surface area contributed by atoms with Gasteiger partial charge in [0.05, 0.1) is 10.1 Å². The van der Waals surface area contributed by atoms with Crippen LogP contribution in [-0.2, 0) is 14.3 Å². The molecule has 0 bridgehead atoms. The smallest absolute Gasteiger partial charge is 0.331 e. The van der Waals surface area contributed by atoms with Crippen molar-refractivity contribution in [1.82, 2.24) is 0 Å². The highest BCUT2D eigenvalue weighted by Gasteiger charge is 2.17. The molecule has 1 aromatic carbocycles. The largest absolute Gasteiger partial charge is 0.457 e. The molecule has 1 aromatic rings. The number of hydrogen-bond donors (Lipinski definition) is 0. The Kier molecular flexibility index (Phi) is 6.80. The van der Waals surface area contributed by atoms with Crippen LogP contribution in [0.25, 0.3) is 6.08 Å². The number of esters is 1. The molecule has 0 saturated carbocycles. The number of nitrogens with zero attached hydrogens (tertiary/aromatic N) is 1. The van der Waals surface area contributed by atoms with Gasteiger partial charge in [-0.3, -0.25) is 4.79 Å². The SMILES string of the molecule is Cc1cc(C)c(N(C)C(=O)CI)c(/C=C/C(=O)OC(C)(C)C)c1. The number of carbonyl (C=O) groups is 2. The van der Waals surface area contributed by atoms with Crippen molar-refractivity contribution in [2.24, 2.45) is 0 Å². The zero-order chi connectivity index (χ0) is 17.8. The number of amides is 1.